The average Bonchev–Trinajstić information content (AvgIpc) is 3.32. The summed E-state index contributed by atoms with van der Waals surface area (Å²) in [6.45, 7) is 4.17. The zero-order chi connectivity index (χ0) is 22.2. The van der Waals surface area contributed by atoms with Gasteiger partial charge in [0.05, 0.1) is 12.2 Å². The minimum atomic E-state index is -4.86. The number of halogens is 4. The Kier molecular flexibility index (Phi) is 5.93. The third kappa shape index (κ3) is 4.85. The lowest BCUT2D eigenvalue weighted by molar-refractivity contribution is -0.275. The number of anilines is 1. The minimum Gasteiger partial charge on any atom is -0.405 e. The highest BCUT2D eigenvalue weighted by Gasteiger charge is 2.33. The maximum Gasteiger partial charge on any atom is 0.573 e. The van der Waals surface area contributed by atoms with Crippen LogP contribution in [0.2, 0.25) is 0 Å². The molecule has 3 N–H and O–H groups in total. The second-order valence-corrected chi connectivity index (χ2v) is 8.29. The fourth-order valence-electron chi connectivity index (χ4n) is 3.69. The monoisotopic (exact) mass is 500 g/mol. The van der Waals surface area contributed by atoms with Gasteiger partial charge >= 0.3 is 12.1 Å². The van der Waals surface area contributed by atoms with Gasteiger partial charge in [-0.25, -0.2) is 9.78 Å². The van der Waals surface area contributed by atoms with Crippen LogP contribution in [0, 0.1) is 5.92 Å². The number of ether oxygens (including phenoxy) is 1. The maximum absolute atomic E-state index is 12.9. The molecular weight excluding hydrogens is 481 g/mol. The molecule has 0 spiro atoms. The minimum absolute atomic E-state index is 0.180. The van der Waals surface area contributed by atoms with Crippen molar-refractivity contribution in [2.75, 3.05) is 25.0 Å². The second kappa shape index (κ2) is 8.50. The number of nitrogens with one attached hydrogen (secondary N) is 3. The van der Waals surface area contributed by atoms with Crippen molar-refractivity contribution in [2.45, 2.75) is 25.7 Å². The molecule has 1 saturated heterocycles. The Morgan fingerprint density at radius 3 is 2.94 bits per heavy atom. The lowest BCUT2D eigenvalue weighted by Gasteiger charge is -2.19. The average molecular weight is 501 g/mol. The van der Waals surface area contributed by atoms with Crippen LogP contribution in [0.1, 0.15) is 24.9 Å². The van der Waals surface area contributed by atoms with E-state index in [2.05, 4.69) is 46.3 Å². The number of H-pyrrole nitrogens is 1. The molecule has 12 heteroatoms. The molecule has 0 amide bonds. The van der Waals surface area contributed by atoms with Crippen LogP contribution in [0.25, 0.3) is 11.2 Å². The molecule has 4 rings (SSSR count). The largest absolute Gasteiger partial charge is 0.573 e. The molecule has 0 saturated carbocycles. The SMILES string of the molecule is C[C@@H](c1cc(Br)ccc1OC(F)(F)F)n1c(=O)[nH]c2cnc(NC[C@@H]3CCNC3)nc21. The van der Waals surface area contributed by atoms with Gasteiger partial charge in [0, 0.05) is 16.6 Å². The number of hydrogen-bond acceptors (Lipinski definition) is 6. The number of nitrogens with zero attached hydrogens (tertiary/aromatic N) is 3. The number of benzene rings is 1. The number of aromatic amines is 1. The van der Waals surface area contributed by atoms with E-state index in [-0.39, 0.29) is 17.0 Å². The Morgan fingerprint density at radius 2 is 2.23 bits per heavy atom. The van der Waals surface area contributed by atoms with Crippen LogP contribution in [0.4, 0.5) is 19.1 Å². The predicted octanol–water partition coefficient (Wildman–Crippen LogP) is 3.41. The molecule has 3 aromatic rings. The molecule has 166 valence electrons. The molecule has 0 bridgehead atoms. The van der Waals surface area contributed by atoms with Crippen LogP contribution in [0.5, 0.6) is 5.75 Å². The standard InChI is InChI=1S/C19H20BrF3N6O2/c1-10(13-6-12(20)2-3-15(13)31-19(21,22)23)29-16-14(27-18(29)30)9-26-17(28-16)25-8-11-4-5-24-7-11/h2-3,6,9-11,24H,4-5,7-8H2,1H3,(H,27,30)(H,25,26,28)/t10-,11+/m0/s1. The van der Waals surface area contributed by atoms with Gasteiger partial charge in [-0.3, -0.25) is 4.57 Å². The van der Waals surface area contributed by atoms with Crippen molar-refractivity contribution in [1.82, 2.24) is 24.8 Å². The van der Waals surface area contributed by atoms with E-state index in [1.54, 1.807) is 6.92 Å². The zero-order valence-corrected chi connectivity index (χ0v) is 18.0. The first kappa shape index (κ1) is 21.6. The highest BCUT2D eigenvalue weighted by molar-refractivity contribution is 9.10. The van der Waals surface area contributed by atoms with E-state index >= 15 is 0 Å². The summed E-state index contributed by atoms with van der Waals surface area (Å²) in [5.74, 6) is 0.418. The molecule has 3 heterocycles. The fraction of sp³-hybridized carbons (Fsp3) is 0.421. The molecule has 31 heavy (non-hydrogen) atoms. The molecule has 1 aromatic carbocycles. The van der Waals surface area contributed by atoms with Crippen molar-refractivity contribution < 1.29 is 17.9 Å². The van der Waals surface area contributed by atoms with Crippen molar-refractivity contribution in [1.29, 1.82) is 0 Å². The molecule has 8 nitrogen and oxygen atoms in total. The molecule has 0 radical (unpaired) electrons. The van der Waals surface area contributed by atoms with E-state index in [4.69, 9.17) is 0 Å². The molecule has 2 atom stereocenters. The Balaban J connectivity index is 1.70. The van der Waals surface area contributed by atoms with Gasteiger partial charge in [-0.15, -0.1) is 13.2 Å². The Bertz CT molecular complexity index is 1140. The smallest absolute Gasteiger partial charge is 0.405 e. The van der Waals surface area contributed by atoms with Gasteiger partial charge < -0.3 is 20.4 Å². The third-order valence-corrected chi connectivity index (χ3v) is 5.70. The number of imidazole rings is 1. The number of alkyl halides is 3. The molecule has 1 aliphatic heterocycles. The molecular formula is C19H20BrF3N6O2. The van der Waals surface area contributed by atoms with Gasteiger partial charge in [0.25, 0.3) is 0 Å². The van der Waals surface area contributed by atoms with Crippen molar-refractivity contribution in [3.63, 3.8) is 0 Å². The van der Waals surface area contributed by atoms with Crippen LogP contribution in [-0.4, -0.2) is 45.5 Å². The first-order valence-corrected chi connectivity index (χ1v) is 10.5. The molecule has 0 unspecified atom stereocenters. The van der Waals surface area contributed by atoms with Gasteiger partial charge in [-0.2, -0.15) is 4.98 Å². The highest BCUT2D eigenvalue weighted by atomic mass is 79.9. The van der Waals surface area contributed by atoms with Crippen LogP contribution in [0.15, 0.2) is 33.7 Å². The zero-order valence-electron chi connectivity index (χ0n) is 16.5. The number of fused-ring (bicyclic) bond motifs is 1. The topological polar surface area (TPSA) is 96.9 Å². The van der Waals surface area contributed by atoms with Crippen LogP contribution in [0.3, 0.4) is 0 Å². The van der Waals surface area contributed by atoms with E-state index < -0.39 is 18.1 Å². The normalized spacial score (nSPS) is 17.8. The van der Waals surface area contributed by atoms with E-state index in [0.29, 0.717) is 28.4 Å². The maximum atomic E-state index is 12.9. The molecule has 1 aliphatic rings. The quantitative estimate of drug-likeness (QED) is 0.479. The van der Waals surface area contributed by atoms with Crippen molar-refractivity contribution >= 4 is 33.0 Å². The van der Waals surface area contributed by atoms with E-state index in [0.717, 1.165) is 19.5 Å². The van der Waals surface area contributed by atoms with Gasteiger partial charge in [-0.1, -0.05) is 15.9 Å². The van der Waals surface area contributed by atoms with Crippen LogP contribution < -0.4 is 21.1 Å². The summed E-state index contributed by atoms with van der Waals surface area (Å²) < 4.78 is 44.7. The summed E-state index contributed by atoms with van der Waals surface area (Å²) in [7, 11) is 0. The third-order valence-electron chi connectivity index (χ3n) is 5.20. The van der Waals surface area contributed by atoms with Crippen LogP contribution >= 0.6 is 15.9 Å². The van der Waals surface area contributed by atoms with Gasteiger partial charge in [0.1, 0.15) is 11.3 Å². The fourth-order valence-corrected chi connectivity index (χ4v) is 4.07. The van der Waals surface area contributed by atoms with Crippen molar-refractivity contribution in [2.24, 2.45) is 5.92 Å². The lowest BCUT2D eigenvalue weighted by Crippen LogP contribution is -2.24. The van der Waals surface area contributed by atoms with E-state index in [9.17, 15) is 18.0 Å². The summed E-state index contributed by atoms with van der Waals surface area (Å²) in [6.07, 6.45) is -2.33. The number of hydrogen-bond donors (Lipinski definition) is 3. The Hall–Kier alpha value is -2.60. The summed E-state index contributed by atoms with van der Waals surface area (Å²) in [6, 6.07) is 3.35. The van der Waals surface area contributed by atoms with E-state index in [1.165, 1.54) is 29.0 Å². The summed E-state index contributed by atoms with van der Waals surface area (Å²) in [5, 5.41) is 6.46. The summed E-state index contributed by atoms with van der Waals surface area (Å²) >= 11 is 3.27. The summed E-state index contributed by atoms with van der Waals surface area (Å²) in [4.78, 5) is 24.0. The van der Waals surface area contributed by atoms with Gasteiger partial charge in [0.15, 0.2) is 5.65 Å². The van der Waals surface area contributed by atoms with Crippen molar-refractivity contribution in [3.05, 3.63) is 44.9 Å². The first-order chi connectivity index (χ1) is 14.7. The van der Waals surface area contributed by atoms with Crippen molar-refractivity contribution in [3.8, 4) is 5.75 Å². The molecule has 1 fully saturated rings. The Labute approximate surface area is 183 Å². The van der Waals surface area contributed by atoms with Crippen LogP contribution in [-0.2, 0) is 0 Å². The Morgan fingerprint density at radius 1 is 1.42 bits per heavy atom. The van der Waals surface area contributed by atoms with E-state index in [1.807, 2.05) is 0 Å². The highest BCUT2D eigenvalue weighted by Crippen LogP contribution is 2.34. The second-order valence-electron chi connectivity index (χ2n) is 7.38. The molecule has 2 aromatic heterocycles. The number of rotatable bonds is 6. The van der Waals surface area contributed by atoms with Gasteiger partial charge in [-0.05, 0) is 50.6 Å². The lowest BCUT2D eigenvalue weighted by atomic mass is 10.1. The van der Waals surface area contributed by atoms with Gasteiger partial charge in [0.2, 0.25) is 5.95 Å². The first-order valence-electron chi connectivity index (χ1n) is 9.68. The number of aromatic nitrogens is 4. The predicted molar refractivity (Wildman–Crippen MR) is 112 cm³/mol. The molecule has 0 aliphatic carbocycles. The summed E-state index contributed by atoms with van der Waals surface area (Å²) in [5.41, 5.74) is 0.349.